The van der Waals surface area contributed by atoms with Crippen LogP contribution in [-0.2, 0) is 14.3 Å². The van der Waals surface area contributed by atoms with Gasteiger partial charge in [-0.2, -0.15) is 0 Å². The number of amides is 2. The van der Waals surface area contributed by atoms with Gasteiger partial charge in [0.1, 0.15) is 0 Å². The van der Waals surface area contributed by atoms with Crippen LogP contribution in [-0.4, -0.2) is 37.1 Å². The number of hydrogen-bond donors (Lipinski definition) is 2. The first-order valence-electron chi connectivity index (χ1n) is 7.73. The Bertz CT molecular complexity index is 351. The van der Waals surface area contributed by atoms with E-state index in [2.05, 4.69) is 24.5 Å². The maximum absolute atomic E-state index is 12.2. The minimum Gasteiger partial charge on any atom is -0.376 e. The predicted octanol–water partition coefficient (Wildman–Crippen LogP) is 1.22. The molecule has 2 aliphatic heterocycles. The highest BCUT2D eigenvalue weighted by atomic mass is 16.5. The zero-order valence-electron chi connectivity index (χ0n) is 12.5. The van der Waals surface area contributed by atoms with Gasteiger partial charge in [-0.25, -0.2) is 0 Å². The van der Waals surface area contributed by atoms with Crippen molar-refractivity contribution in [2.45, 2.75) is 58.1 Å². The highest BCUT2D eigenvalue weighted by Crippen LogP contribution is 2.22. The Morgan fingerprint density at radius 3 is 2.95 bits per heavy atom. The summed E-state index contributed by atoms with van der Waals surface area (Å²) in [5.74, 6) is 0.339. The van der Waals surface area contributed by atoms with Crippen LogP contribution in [0.2, 0.25) is 0 Å². The van der Waals surface area contributed by atoms with Crippen molar-refractivity contribution in [1.82, 2.24) is 10.6 Å². The number of hydrogen-bond acceptors (Lipinski definition) is 3. The lowest BCUT2D eigenvalue weighted by atomic mass is 9.87. The molecule has 2 amide bonds. The van der Waals surface area contributed by atoms with Crippen LogP contribution in [0.4, 0.5) is 0 Å². The molecule has 0 saturated carbocycles. The third kappa shape index (κ3) is 4.47. The van der Waals surface area contributed by atoms with Crippen molar-refractivity contribution >= 4 is 11.8 Å². The Hall–Kier alpha value is -1.10. The molecule has 0 aromatic rings. The van der Waals surface area contributed by atoms with Gasteiger partial charge in [-0.15, -0.1) is 0 Å². The zero-order valence-corrected chi connectivity index (χ0v) is 12.5. The van der Waals surface area contributed by atoms with E-state index in [1.807, 2.05) is 0 Å². The largest absolute Gasteiger partial charge is 0.376 e. The third-order valence-corrected chi connectivity index (χ3v) is 4.02. The molecule has 0 spiro atoms. The summed E-state index contributed by atoms with van der Waals surface area (Å²) < 4.78 is 5.49. The lowest BCUT2D eigenvalue weighted by Crippen LogP contribution is -2.48. The van der Waals surface area contributed by atoms with Gasteiger partial charge < -0.3 is 15.4 Å². The summed E-state index contributed by atoms with van der Waals surface area (Å²) in [6, 6.07) is 0.134. The topological polar surface area (TPSA) is 67.4 Å². The molecule has 2 aliphatic rings. The molecule has 2 rings (SSSR count). The fraction of sp³-hybridized carbons (Fsp3) is 0.867. The molecule has 2 heterocycles. The monoisotopic (exact) mass is 282 g/mol. The first-order valence-corrected chi connectivity index (χ1v) is 7.73. The number of nitrogens with one attached hydrogen (secondary N) is 2. The molecular weight excluding hydrogens is 256 g/mol. The van der Waals surface area contributed by atoms with E-state index >= 15 is 0 Å². The minimum atomic E-state index is -0.186. The van der Waals surface area contributed by atoms with E-state index in [1.165, 1.54) is 0 Å². The molecule has 0 aromatic heterocycles. The molecule has 5 heteroatoms. The molecule has 3 atom stereocenters. The Labute approximate surface area is 120 Å². The molecule has 0 radical (unpaired) electrons. The Morgan fingerprint density at radius 1 is 1.50 bits per heavy atom. The van der Waals surface area contributed by atoms with Gasteiger partial charge in [-0.3, -0.25) is 9.59 Å². The first kappa shape index (κ1) is 15.3. The average molecular weight is 282 g/mol. The normalized spacial score (nSPS) is 30.4. The van der Waals surface area contributed by atoms with Crippen molar-refractivity contribution in [3.8, 4) is 0 Å². The Kier molecular flexibility index (Phi) is 5.40. The van der Waals surface area contributed by atoms with Gasteiger partial charge in [-0.05, 0) is 31.6 Å². The molecule has 0 aromatic carbocycles. The Balaban J connectivity index is 1.79. The van der Waals surface area contributed by atoms with Gasteiger partial charge in [0.15, 0.2) is 0 Å². The summed E-state index contributed by atoms with van der Waals surface area (Å²) in [6.07, 6.45) is 4.24. The van der Waals surface area contributed by atoms with Gasteiger partial charge in [-0.1, -0.05) is 13.8 Å². The summed E-state index contributed by atoms with van der Waals surface area (Å²) in [4.78, 5) is 23.9. The SMILES string of the molecule is CC(C)C[C@@H]1C[C@@H](C(=O)NC[C@@H]2CCCO2)CC(=O)N1. The first-order chi connectivity index (χ1) is 9.54. The molecule has 0 aliphatic carbocycles. The average Bonchev–Trinajstić information content (AvgIpc) is 2.87. The smallest absolute Gasteiger partial charge is 0.223 e. The summed E-state index contributed by atoms with van der Waals surface area (Å²) in [6.45, 7) is 5.63. The van der Waals surface area contributed by atoms with Crippen LogP contribution in [0.25, 0.3) is 0 Å². The Morgan fingerprint density at radius 2 is 2.30 bits per heavy atom. The van der Waals surface area contributed by atoms with Crippen LogP contribution in [0.3, 0.4) is 0 Å². The van der Waals surface area contributed by atoms with E-state index in [0.29, 0.717) is 18.9 Å². The van der Waals surface area contributed by atoms with Gasteiger partial charge in [0.05, 0.1) is 6.10 Å². The van der Waals surface area contributed by atoms with Crippen molar-refractivity contribution < 1.29 is 14.3 Å². The van der Waals surface area contributed by atoms with Crippen LogP contribution in [0.1, 0.15) is 46.0 Å². The van der Waals surface area contributed by atoms with E-state index in [0.717, 1.165) is 32.3 Å². The minimum absolute atomic E-state index is 0.000772. The van der Waals surface area contributed by atoms with Crippen LogP contribution >= 0.6 is 0 Å². The van der Waals surface area contributed by atoms with Crippen molar-refractivity contribution in [2.24, 2.45) is 11.8 Å². The highest BCUT2D eigenvalue weighted by molar-refractivity contribution is 5.87. The van der Waals surface area contributed by atoms with Crippen molar-refractivity contribution in [2.75, 3.05) is 13.2 Å². The quantitative estimate of drug-likeness (QED) is 0.797. The summed E-state index contributed by atoms with van der Waals surface area (Å²) in [7, 11) is 0. The second kappa shape index (κ2) is 7.07. The molecule has 0 unspecified atom stereocenters. The maximum atomic E-state index is 12.2. The van der Waals surface area contributed by atoms with E-state index in [-0.39, 0.29) is 29.9 Å². The molecule has 114 valence electrons. The van der Waals surface area contributed by atoms with E-state index in [9.17, 15) is 9.59 Å². The predicted molar refractivity (Wildman–Crippen MR) is 76.1 cm³/mol. The molecule has 2 N–H and O–H groups in total. The lowest BCUT2D eigenvalue weighted by Gasteiger charge is -2.30. The van der Waals surface area contributed by atoms with Gasteiger partial charge in [0.2, 0.25) is 11.8 Å². The van der Waals surface area contributed by atoms with Gasteiger partial charge in [0, 0.05) is 31.5 Å². The third-order valence-electron chi connectivity index (χ3n) is 4.02. The van der Waals surface area contributed by atoms with Gasteiger partial charge >= 0.3 is 0 Å². The number of carbonyl (C=O) groups is 2. The van der Waals surface area contributed by atoms with Crippen LogP contribution in [0.5, 0.6) is 0 Å². The van der Waals surface area contributed by atoms with E-state index in [4.69, 9.17) is 4.74 Å². The zero-order chi connectivity index (χ0) is 14.5. The molecule has 2 fully saturated rings. The molecule has 20 heavy (non-hydrogen) atoms. The van der Waals surface area contributed by atoms with Crippen LogP contribution in [0, 0.1) is 11.8 Å². The van der Waals surface area contributed by atoms with Gasteiger partial charge in [0.25, 0.3) is 0 Å². The fourth-order valence-corrected chi connectivity index (χ4v) is 3.08. The second-order valence-corrected chi connectivity index (χ2v) is 6.41. The number of carbonyl (C=O) groups excluding carboxylic acids is 2. The molecular formula is C15H26N2O3. The van der Waals surface area contributed by atoms with Crippen molar-refractivity contribution in [1.29, 1.82) is 0 Å². The molecule has 2 saturated heterocycles. The molecule has 0 bridgehead atoms. The van der Waals surface area contributed by atoms with E-state index in [1.54, 1.807) is 0 Å². The van der Waals surface area contributed by atoms with Crippen LogP contribution in [0.15, 0.2) is 0 Å². The van der Waals surface area contributed by atoms with E-state index < -0.39 is 0 Å². The molecule has 5 nitrogen and oxygen atoms in total. The fourth-order valence-electron chi connectivity index (χ4n) is 3.08. The van der Waals surface area contributed by atoms with Crippen molar-refractivity contribution in [3.05, 3.63) is 0 Å². The second-order valence-electron chi connectivity index (χ2n) is 6.41. The summed E-state index contributed by atoms with van der Waals surface area (Å²) >= 11 is 0. The highest BCUT2D eigenvalue weighted by Gasteiger charge is 2.31. The number of piperidine rings is 1. The number of ether oxygens (including phenoxy) is 1. The lowest BCUT2D eigenvalue weighted by molar-refractivity contribution is -0.134. The maximum Gasteiger partial charge on any atom is 0.223 e. The van der Waals surface area contributed by atoms with Crippen LogP contribution < -0.4 is 10.6 Å². The summed E-state index contributed by atoms with van der Waals surface area (Å²) in [5.41, 5.74) is 0. The summed E-state index contributed by atoms with van der Waals surface area (Å²) in [5, 5.41) is 5.93. The standard InChI is InChI=1S/C15H26N2O3/c1-10(2)6-12-7-11(8-14(18)17-12)15(19)16-9-13-4-3-5-20-13/h10-13H,3-9H2,1-2H3,(H,16,19)(H,17,18)/t11-,12-,13+/m1/s1. The number of rotatable bonds is 5. The van der Waals surface area contributed by atoms with Crippen molar-refractivity contribution in [3.63, 3.8) is 0 Å².